The molecule has 0 aromatic carbocycles. The van der Waals surface area contributed by atoms with Crippen molar-refractivity contribution < 1.29 is 8.74 Å². The molecule has 0 spiro atoms. The summed E-state index contributed by atoms with van der Waals surface area (Å²) in [6.07, 6.45) is 0.836. The molecule has 0 atom stereocenters. The highest BCUT2D eigenvalue weighted by Gasteiger charge is 1.90. The Kier molecular flexibility index (Phi) is 4.01. The van der Waals surface area contributed by atoms with Gasteiger partial charge in [0.1, 0.15) is 7.71 Å². The van der Waals surface area contributed by atoms with E-state index >= 15 is 0 Å². The minimum absolute atomic E-state index is 0.457. The zero-order valence-corrected chi connectivity index (χ0v) is 6.94. The molecule has 0 aromatic rings. The van der Waals surface area contributed by atoms with Crippen LogP contribution in [0.4, 0.5) is 0 Å². The van der Waals surface area contributed by atoms with Gasteiger partial charge in [0, 0.05) is 22.4 Å². The predicted molar refractivity (Wildman–Crippen MR) is 41.0 cm³/mol. The highest BCUT2D eigenvalue weighted by Crippen LogP contribution is 1.88. The van der Waals surface area contributed by atoms with E-state index in [2.05, 4.69) is 26.6 Å². The lowest BCUT2D eigenvalue weighted by molar-refractivity contribution is 0.334. The Morgan fingerprint density at radius 3 is 2.25 bits per heavy atom. The molecule has 2 nitrogen and oxygen atoms in total. The molecule has 8 heavy (non-hydrogen) atoms. The lowest BCUT2D eigenvalue weighted by Gasteiger charge is -1.99. The van der Waals surface area contributed by atoms with Crippen LogP contribution in [0.1, 0.15) is 13.3 Å². The summed E-state index contributed by atoms with van der Waals surface area (Å²) in [4.78, 5) is 0. The average Bonchev–Trinajstić information content (AvgIpc) is 1.59. The minimum atomic E-state index is -2.52. The second-order valence-electron chi connectivity index (χ2n) is 1.25. The Labute approximate surface area is 59.1 Å². The maximum Gasteiger partial charge on any atom is 0.135 e. The Morgan fingerprint density at radius 2 is 2.12 bits per heavy atom. The molecule has 0 aliphatic heterocycles. The normalized spacial score (nSPS) is 11.8. The fourth-order valence-corrected chi connectivity index (χ4v) is 0.974. The summed E-state index contributed by atoms with van der Waals surface area (Å²) in [6.45, 7) is 2.38. The second kappa shape index (κ2) is 3.68. The van der Waals surface area contributed by atoms with Crippen molar-refractivity contribution in [2.45, 2.75) is 13.3 Å². The molecule has 0 aliphatic carbocycles. The first kappa shape index (κ1) is 8.71. The molecule has 0 rings (SSSR count). The second-order valence-corrected chi connectivity index (χ2v) is 5.68. The third-order valence-electron chi connectivity index (χ3n) is 0.436. The van der Waals surface area contributed by atoms with E-state index in [0.29, 0.717) is 6.61 Å². The first-order valence-corrected chi connectivity index (χ1v) is 5.54. The van der Waals surface area contributed by atoms with Crippen molar-refractivity contribution in [2.24, 2.45) is 0 Å². The smallest absolute Gasteiger partial charge is 0.135 e. The summed E-state index contributed by atoms with van der Waals surface area (Å²) < 4.78 is 13.3. The van der Waals surface area contributed by atoms with Gasteiger partial charge in [0.15, 0.2) is 0 Å². The van der Waals surface area contributed by atoms with Crippen LogP contribution < -0.4 is 0 Å². The standard InChI is InChI=1S/C3H8O2S3/c1-2-3-5-8(4,6)7/h2-3H2,1H3,(H,4,6,7). The van der Waals surface area contributed by atoms with Crippen LogP contribution in [0.5, 0.6) is 0 Å². The monoisotopic (exact) mass is 172 g/mol. The fourth-order valence-electron chi connectivity index (χ4n) is 0.189. The van der Waals surface area contributed by atoms with E-state index < -0.39 is 7.71 Å². The highest BCUT2D eigenvalue weighted by atomic mass is 33.1. The molecule has 1 N–H and O–H groups in total. The molecule has 50 valence electrons. The van der Waals surface area contributed by atoms with E-state index in [1.54, 1.807) is 0 Å². The van der Waals surface area contributed by atoms with Crippen LogP contribution in [0.3, 0.4) is 0 Å². The van der Waals surface area contributed by atoms with Gasteiger partial charge in [0.2, 0.25) is 0 Å². The van der Waals surface area contributed by atoms with E-state index in [1.807, 2.05) is 6.92 Å². The van der Waals surface area contributed by atoms with Crippen molar-refractivity contribution in [3.8, 4) is 0 Å². The van der Waals surface area contributed by atoms with Gasteiger partial charge in [-0.2, -0.15) is 0 Å². The summed E-state index contributed by atoms with van der Waals surface area (Å²) >= 11 is 8.76. The Bertz CT molecular complexity index is 137. The fraction of sp³-hybridized carbons (Fsp3) is 1.00. The summed E-state index contributed by atoms with van der Waals surface area (Å²) in [5.74, 6) is 0. The predicted octanol–water partition coefficient (Wildman–Crippen LogP) is 0.879. The Hall–Kier alpha value is 0.710. The number of hydrogen-bond acceptors (Lipinski definition) is 3. The van der Waals surface area contributed by atoms with Crippen LogP contribution in [-0.4, -0.2) is 11.2 Å². The van der Waals surface area contributed by atoms with Crippen LogP contribution in [0, 0.1) is 0 Å². The van der Waals surface area contributed by atoms with Crippen molar-refractivity contribution in [3.63, 3.8) is 0 Å². The summed E-state index contributed by atoms with van der Waals surface area (Å²) in [7, 11) is -2.52. The van der Waals surface area contributed by atoms with Crippen molar-refractivity contribution in [1.82, 2.24) is 0 Å². The third kappa shape index (κ3) is 6.71. The van der Waals surface area contributed by atoms with E-state index in [9.17, 15) is 0 Å². The Morgan fingerprint density at radius 1 is 1.62 bits per heavy atom. The first-order valence-electron chi connectivity index (χ1n) is 2.18. The van der Waals surface area contributed by atoms with Crippen molar-refractivity contribution >= 4 is 30.1 Å². The molecule has 0 fully saturated rings. The Balaban J connectivity index is 3.42. The van der Waals surface area contributed by atoms with Crippen LogP contribution >= 0.6 is 0 Å². The van der Waals surface area contributed by atoms with Crippen LogP contribution in [0.2, 0.25) is 0 Å². The number of rotatable bonds is 3. The van der Waals surface area contributed by atoms with Gasteiger partial charge in [-0.05, 0) is 6.42 Å². The lowest BCUT2D eigenvalue weighted by atomic mass is 10.5. The number of hydrogen-bond donors (Lipinski definition) is 1. The summed E-state index contributed by atoms with van der Waals surface area (Å²) in [5.41, 5.74) is 0. The van der Waals surface area contributed by atoms with Gasteiger partial charge in [-0.25, -0.2) is 0 Å². The van der Waals surface area contributed by atoms with Gasteiger partial charge < -0.3 is 4.55 Å². The van der Waals surface area contributed by atoms with E-state index in [-0.39, 0.29) is 0 Å². The van der Waals surface area contributed by atoms with Crippen molar-refractivity contribution in [1.29, 1.82) is 0 Å². The molecule has 0 saturated carbocycles. The molecule has 0 aliphatic rings. The van der Waals surface area contributed by atoms with Gasteiger partial charge in [0.25, 0.3) is 0 Å². The molecule has 0 bridgehead atoms. The maximum atomic E-state index is 8.64. The molecule has 0 radical (unpaired) electrons. The topological polar surface area (TPSA) is 29.5 Å². The molecule has 5 heteroatoms. The maximum absolute atomic E-state index is 8.64. The van der Waals surface area contributed by atoms with Gasteiger partial charge in [-0.1, -0.05) is 6.92 Å². The molecular weight excluding hydrogens is 164 g/mol. The quantitative estimate of drug-likeness (QED) is 0.684. The highest BCUT2D eigenvalue weighted by molar-refractivity contribution is 8.51. The van der Waals surface area contributed by atoms with E-state index in [1.165, 1.54) is 0 Å². The van der Waals surface area contributed by atoms with Gasteiger partial charge in [0.05, 0.1) is 6.61 Å². The SMILES string of the molecule is CCCOS(O)(=S)=S. The molecule has 0 heterocycles. The van der Waals surface area contributed by atoms with E-state index in [4.69, 9.17) is 4.55 Å². The van der Waals surface area contributed by atoms with Crippen LogP contribution in [-0.2, 0) is 34.3 Å². The lowest BCUT2D eigenvalue weighted by Crippen LogP contribution is -2.00. The molecular formula is C3H8O2S3. The summed E-state index contributed by atoms with van der Waals surface area (Å²) in [6, 6.07) is 0. The van der Waals surface area contributed by atoms with Gasteiger partial charge in [-0.3, -0.25) is 4.18 Å². The average molecular weight is 172 g/mol. The molecule has 0 amide bonds. The van der Waals surface area contributed by atoms with Gasteiger partial charge >= 0.3 is 0 Å². The third-order valence-corrected chi connectivity index (χ3v) is 1.48. The minimum Gasteiger partial charge on any atom is -0.306 e. The largest absolute Gasteiger partial charge is 0.306 e. The zero-order chi connectivity index (χ0) is 6.62. The molecule has 0 aromatic heterocycles. The van der Waals surface area contributed by atoms with Crippen LogP contribution in [0.15, 0.2) is 0 Å². The van der Waals surface area contributed by atoms with Crippen molar-refractivity contribution in [3.05, 3.63) is 0 Å². The zero-order valence-electron chi connectivity index (χ0n) is 4.49. The van der Waals surface area contributed by atoms with Gasteiger partial charge in [-0.15, -0.1) is 0 Å². The van der Waals surface area contributed by atoms with E-state index in [0.717, 1.165) is 6.42 Å². The molecule has 0 unspecified atom stereocenters. The first-order chi connectivity index (χ1) is 3.56. The molecule has 0 saturated heterocycles. The van der Waals surface area contributed by atoms with Crippen LogP contribution in [0.25, 0.3) is 0 Å². The van der Waals surface area contributed by atoms with Crippen molar-refractivity contribution in [2.75, 3.05) is 6.61 Å². The summed E-state index contributed by atoms with van der Waals surface area (Å²) in [5, 5.41) is 0.